The number of hydrogen-bond acceptors (Lipinski definition) is 2. The summed E-state index contributed by atoms with van der Waals surface area (Å²) in [5.41, 5.74) is 0.725. The Hall–Kier alpha value is -1.32. The van der Waals surface area contributed by atoms with Crippen LogP contribution in [0.4, 0.5) is 8.78 Å². The predicted octanol–water partition coefficient (Wildman–Crippen LogP) is 3.11. The Morgan fingerprint density at radius 2 is 2.12 bits per heavy atom. The van der Waals surface area contributed by atoms with Crippen LogP contribution in [0, 0.1) is 0 Å². The smallest absolute Gasteiger partial charge is 0.272 e. The fourth-order valence-corrected chi connectivity index (χ4v) is 1.37. The van der Waals surface area contributed by atoms with E-state index in [0.29, 0.717) is 6.42 Å². The molecule has 88 valence electrons. The molecule has 2 nitrogen and oxygen atoms in total. The molecule has 16 heavy (non-hydrogen) atoms. The van der Waals surface area contributed by atoms with Crippen LogP contribution in [-0.4, -0.2) is 11.3 Å². The number of hydrogen-bond donors (Lipinski definition) is 0. The van der Waals surface area contributed by atoms with E-state index in [1.807, 2.05) is 0 Å². The van der Waals surface area contributed by atoms with E-state index in [4.69, 9.17) is 0 Å². The minimum Gasteiger partial charge on any atom is -0.303 e. The van der Waals surface area contributed by atoms with Crippen LogP contribution in [-0.2, 0) is 17.1 Å². The molecule has 0 amide bonds. The molecule has 4 heteroatoms. The van der Waals surface area contributed by atoms with E-state index in [1.54, 1.807) is 6.07 Å². The molecule has 0 aliphatic heterocycles. The molecule has 1 heterocycles. The summed E-state index contributed by atoms with van der Waals surface area (Å²) in [6, 6.07) is 3.02. The molecule has 0 spiro atoms. The van der Waals surface area contributed by atoms with Gasteiger partial charge in [-0.05, 0) is 31.4 Å². The van der Waals surface area contributed by atoms with Gasteiger partial charge in [0.1, 0.15) is 6.29 Å². The van der Waals surface area contributed by atoms with Gasteiger partial charge in [-0.25, -0.2) is 8.78 Å². The van der Waals surface area contributed by atoms with Crippen molar-refractivity contribution in [3.05, 3.63) is 29.6 Å². The second kappa shape index (κ2) is 5.68. The molecule has 0 fully saturated rings. The van der Waals surface area contributed by atoms with Crippen molar-refractivity contribution in [2.24, 2.45) is 0 Å². The molecule has 1 aromatic heterocycles. The zero-order chi connectivity index (χ0) is 12.0. The fourth-order valence-electron chi connectivity index (χ4n) is 1.37. The van der Waals surface area contributed by atoms with Crippen LogP contribution in [0.25, 0.3) is 0 Å². The summed E-state index contributed by atoms with van der Waals surface area (Å²) in [7, 11) is 0. The van der Waals surface area contributed by atoms with Gasteiger partial charge in [0.2, 0.25) is 0 Å². The predicted molar refractivity (Wildman–Crippen MR) is 57.4 cm³/mol. The number of rotatable bonds is 6. The van der Waals surface area contributed by atoms with Gasteiger partial charge in [0, 0.05) is 30.8 Å². The maximum Gasteiger partial charge on any atom is 0.272 e. The topological polar surface area (TPSA) is 30.0 Å². The minimum absolute atomic E-state index is 0.0656. The Bertz CT molecular complexity index is 330. The van der Waals surface area contributed by atoms with Crippen molar-refractivity contribution in [3.8, 4) is 0 Å². The third-order valence-corrected chi connectivity index (χ3v) is 2.34. The molecule has 0 aliphatic rings. The van der Waals surface area contributed by atoms with Gasteiger partial charge >= 0.3 is 0 Å². The van der Waals surface area contributed by atoms with E-state index in [1.165, 1.54) is 12.3 Å². The van der Waals surface area contributed by atoms with Crippen molar-refractivity contribution in [3.63, 3.8) is 0 Å². The first-order valence-electron chi connectivity index (χ1n) is 5.31. The lowest BCUT2D eigenvalue weighted by atomic mass is 10.1. The van der Waals surface area contributed by atoms with E-state index >= 15 is 0 Å². The Kier molecular flexibility index (Phi) is 4.52. The van der Waals surface area contributed by atoms with Crippen molar-refractivity contribution >= 4 is 6.29 Å². The second-order valence-corrected chi connectivity index (χ2v) is 3.84. The van der Waals surface area contributed by atoms with Crippen LogP contribution >= 0.6 is 0 Å². The zero-order valence-corrected chi connectivity index (χ0v) is 9.25. The summed E-state index contributed by atoms with van der Waals surface area (Å²) < 4.78 is 25.7. The monoisotopic (exact) mass is 227 g/mol. The molecule has 0 atom stereocenters. The van der Waals surface area contributed by atoms with E-state index in [-0.39, 0.29) is 5.56 Å². The Balaban J connectivity index is 2.48. The first kappa shape index (κ1) is 12.7. The normalized spacial score (nSPS) is 11.4. The second-order valence-electron chi connectivity index (χ2n) is 3.84. The molecule has 1 rings (SSSR count). The summed E-state index contributed by atoms with van der Waals surface area (Å²) in [5.74, 6) is -2.83. The summed E-state index contributed by atoms with van der Waals surface area (Å²) >= 11 is 0. The van der Waals surface area contributed by atoms with Gasteiger partial charge in [0.25, 0.3) is 5.92 Å². The SMILES string of the molecule is CC(F)(F)c1ccc(CCCCC=O)nc1. The van der Waals surface area contributed by atoms with Crippen molar-refractivity contribution in [2.45, 2.75) is 38.5 Å². The Labute approximate surface area is 93.7 Å². The fraction of sp³-hybridized carbons (Fsp3) is 0.500. The lowest BCUT2D eigenvalue weighted by Gasteiger charge is -2.10. The average molecular weight is 227 g/mol. The van der Waals surface area contributed by atoms with Crippen LogP contribution in [0.15, 0.2) is 18.3 Å². The van der Waals surface area contributed by atoms with Crippen LogP contribution < -0.4 is 0 Å². The highest BCUT2D eigenvalue weighted by molar-refractivity contribution is 5.48. The highest BCUT2D eigenvalue weighted by Crippen LogP contribution is 2.25. The van der Waals surface area contributed by atoms with Gasteiger partial charge in [-0.2, -0.15) is 0 Å². The number of nitrogens with zero attached hydrogens (tertiary/aromatic N) is 1. The number of halogens is 2. The molecule has 0 unspecified atom stereocenters. The number of carbonyl (C=O) groups is 1. The van der Waals surface area contributed by atoms with Crippen molar-refractivity contribution in [2.75, 3.05) is 0 Å². The summed E-state index contributed by atoms with van der Waals surface area (Å²) in [5, 5.41) is 0. The lowest BCUT2D eigenvalue weighted by molar-refractivity contribution is -0.107. The zero-order valence-electron chi connectivity index (χ0n) is 9.25. The minimum atomic E-state index is -2.83. The molecular formula is C12H15F2NO. The standard InChI is InChI=1S/C12H15F2NO/c1-12(13,14)10-6-7-11(15-9-10)5-3-2-4-8-16/h6-9H,2-5H2,1H3. The van der Waals surface area contributed by atoms with Gasteiger partial charge in [-0.3, -0.25) is 4.98 Å². The van der Waals surface area contributed by atoms with E-state index < -0.39 is 5.92 Å². The highest BCUT2D eigenvalue weighted by atomic mass is 19.3. The van der Waals surface area contributed by atoms with Crippen molar-refractivity contribution < 1.29 is 13.6 Å². The molecule has 0 radical (unpaired) electrons. The number of unbranched alkanes of at least 4 members (excludes halogenated alkanes) is 2. The number of alkyl halides is 2. The Morgan fingerprint density at radius 1 is 1.38 bits per heavy atom. The van der Waals surface area contributed by atoms with Gasteiger partial charge in [-0.1, -0.05) is 0 Å². The van der Waals surface area contributed by atoms with Crippen LogP contribution in [0.1, 0.15) is 37.4 Å². The molecule has 0 aromatic carbocycles. The third kappa shape index (κ3) is 4.04. The van der Waals surface area contributed by atoms with Gasteiger partial charge in [0.05, 0.1) is 0 Å². The number of pyridine rings is 1. The molecular weight excluding hydrogens is 212 g/mol. The summed E-state index contributed by atoms with van der Waals surface area (Å²) in [4.78, 5) is 14.0. The molecule has 0 saturated heterocycles. The maximum atomic E-state index is 12.9. The van der Waals surface area contributed by atoms with Crippen molar-refractivity contribution in [1.82, 2.24) is 4.98 Å². The van der Waals surface area contributed by atoms with E-state index in [0.717, 1.165) is 38.2 Å². The van der Waals surface area contributed by atoms with Crippen LogP contribution in [0.3, 0.4) is 0 Å². The van der Waals surface area contributed by atoms with Gasteiger partial charge in [0.15, 0.2) is 0 Å². The quantitative estimate of drug-likeness (QED) is 0.552. The molecule has 1 aromatic rings. The van der Waals surface area contributed by atoms with Gasteiger partial charge < -0.3 is 4.79 Å². The van der Waals surface area contributed by atoms with Crippen LogP contribution in [0.2, 0.25) is 0 Å². The molecule has 0 aliphatic carbocycles. The number of aryl methyl sites for hydroxylation is 1. The largest absolute Gasteiger partial charge is 0.303 e. The molecule has 0 N–H and O–H groups in total. The first-order chi connectivity index (χ1) is 7.54. The van der Waals surface area contributed by atoms with E-state index in [2.05, 4.69) is 4.98 Å². The van der Waals surface area contributed by atoms with E-state index in [9.17, 15) is 13.6 Å². The Morgan fingerprint density at radius 3 is 2.62 bits per heavy atom. The van der Waals surface area contributed by atoms with Crippen LogP contribution in [0.5, 0.6) is 0 Å². The average Bonchev–Trinajstić information content (AvgIpc) is 2.24. The summed E-state index contributed by atoms with van der Waals surface area (Å²) in [6.45, 7) is 0.855. The third-order valence-electron chi connectivity index (χ3n) is 2.34. The molecule has 0 saturated carbocycles. The van der Waals surface area contributed by atoms with Gasteiger partial charge in [-0.15, -0.1) is 0 Å². The number of carbonyl (C=O) groups excluding carboxylic acids is 1. The van der Waals surface area contributed by atoms with Crippen molar-refractivity contribution in [1.29, 1.82) is 0 Å². The summed E-state index contributed by atoms with van der Waals surface area (Å²) in [6.07, 6.45) is 5.04. The first-order valence-corrected chi connectivity index (χ1v) is 5.31. The highest BCUT2D eigenvalue weighted by Gasteiger charge is 2.24. The number of aldehydes is 1. The maximum absolute atomic E-state index is 12.9. The number of aromatic nitrogens is 1. The molecule has 0 bridgehead atoms. The lowest BCUT2D eigenvalue weighted by Crippen LogP contribution is -2.07.